The zero-order valence-corrected chi connectivity index (χ0v) is 12.3. The number of benzene rings is 2. The van der Waals surface area contributed by atoms with Crippen LogP contribution < -0.4 is 0 Å². The lowest BCUT2D eigenvalue weighted by atomic mass is 10.0. The van der Waals surface area contributed by atoms with Crippen LogP contribution in [0.1, 0.15) is 34.7 Å². The van der Waals surface area contributed by atoms with Crippen molar-refractivity contribution >= 4 is 5.97 Å². The fourth-order valence-corrected chi connectivity index (χ4v) is 2.20. The maximum Gasteiger partial charge on any atom is 0.307 e. The summed E-state index contributed by atoms with van der Waals surface area (Å²) in [6, 6.07) is 13.6. The van der Waals surface area contributed by atoms with Crippen molar-refractivity contribution in [2.75, 3.05) is 0 Å². The minimum Gasteiger partial charge on any atom is -0.481 e. The Bertz CT molecular complexity index is 701. The number of aliphatic carboxylic acids is 1. The van der Waals surface area contributed by atoms with E-state index in [1.807, 2.05) is 30.3 Å². The molecule has 0 aliphatic heterocycles. The van der Waals surface area contributed by atoms with E-state index in [9.17, 15) is 4.79 Å². The van der Waals surface area contributed by atoms with E-state index in [-0.39, 0.29) is 6.42 Å². The highest BCUT2D eigenvalue weighted by Crippen LogP contribution is 2.11. The highest BCUT2D eigenvalue weighted by molar-refractivity contribution is 5.70. The molecule has 0 bridgehead atoms. The second kappa shape index (κ2) is 6.76. The van der Waals surface area contributed by atoms with E-state index in [2.05, 4.69) is 37.8 Å². The minimum absolute atomic E-state index is 0.0470. The van der Waals surface area contributed by atoms with Gasteiger partial charge in [-0.3, -0.25) is 4.79 Å². The summed E-state index contributed by atoms with van der Waals surface area (Å²) in [5.41, 5.74) is 5.29. The first kappa shape index (κ1) is 14.9. The highest BCUT2D eigenvalue weighted by Gasteiger charge is 1.99. The maximum absolute atomic E-state index is 10.6. The summed E-state index contributed by atoms with van der Waals surface area (Å²) in [4.78, 5) is 10.6. The molecule has 0 fully saturated rings. The summed E-state index contributed by atoms with van der Waals surface area (Å²) in [7, 11) is 0. The van der Waals surface area contributed by atoms with Crippen LogP contribution in [-0.4, -0.2) is 11.1 Å². The number of carboxylic acids is 1. The maximum atomic E-state index is 10.6. The van der Waals surface area contributed by atoms with E-state index >= 15 is 0 Å². The Morgan fingerprint density at radius 2 is 1.67 bits per heavy atom. The number of aryl methyl sites for hydroxylation is 2. The van der Waals surface area contributed by atoms with Crippen LogP contribution >= 0.6 is 0 Å². The first-order valence-corrected chi connectivity index (χ1v) is 7.00. The van der Waals surface area contributed by atoms with E-state index in [0.717, 1.165) is 23.1 Å². The molecule has 1 N–H and O–H groups in total. The molecule has 0 aliphatic rings. The van der Waals surface area contributed by atoms with Crippen molar-refractivity contribution < 1.29 is 9.90 Å². The average Bonchev–Trinajstić information content (AvgIpc) is 2.46. The molecule has 0 heterocycles. The lowest BCUT2D eigenvalue weighted by Gasteiger charge is -2.02. The fourth-order valence-electron chi connectivity index (χ4n) is 2.20. The van der Waals surface area contributed by atoms with Crippen LogP contribution in [0.2, 0.25) is 0 Å². The average molecular weight is 278 g/mol. The van der Waals surface area contributed by atoms with Crippen molar-refractivity contribution in [2.45, 2.75) is 26.7 Å². The molecule has 106 valence electrons. The van der Waals surface area contributed by atoms with Crippen molar-refractivity contribution in [1.29, 1.82) is 0 Å². The number of carboxylic acid groups (broad SMARTS) is 1. The van der Waals surface area contributed by atoms with E-state index in [1.165, 1.54) is 11.1 Å². The van der Waals surface area contributed by atoms with Gasteiger partial charge in [0, 0.05) is 11.1 Å². The van der Waals surface area contributed by atoms with Gasteiger partial charge in [0.15, 0.2) is 0 Å². The van der Waals surface area contributed by atoms with Gasteiger partial charge < -0.3 is 5.11 Å². The Kier molecular flexibility index (Phi) is 4.79. The topological polar surface area (TPSA) is 37.3 Å². The monoisotopic (exact) mass is 278 g/mol. The molecule has 0 radical (unpaired) electrons. The van der Waals surface area contributed by atoms with E-state index < -0.39 is 5.97 Å². The number of rotatable bonds is 3. The second-order valence-corrected chi connectivity index (χ2v) is 5.01. The van der Waals surface area contributed by atoms with E-state index in [0.29, 0.717) is 0 Å². The van der Waals surface area contributed by atoms with Gasteiger partial charge in [-0.1, -0.05) is 37.0 Å². The van der Waals surface area contributed by atoms with Crippen LogP contribution in [-0.2, 0) is 17.6 Å². The molecule has 0 aromatic heterocycles. The third-order valence-electron chi connectivity index (χ3n) is 3.38. The Balaban J connectivity index is 2.15. The summed E-state index contributed by atoms with van der Waals surface area (Å²) in [5, 5.41) is 8.73. The number of hydrogen-bond donors (Lipinski definition) is 1. The molecule has 0 atom stereocenters. The van der Waals surface area contributed by atoms with Gasteiger partial charge in [-0.15, -0.1) is 0 Å². The number of hydrogen-bond acceptors (Lipinski definition) is 1. The summed E-state index contributed by atoms with van der Waals surface area (Å²) >= 11 is 0. The van der Waals surface area contributed by atoms with Gasteiger partial charge in [0.2, 0.25) is 0 Å². The van der Waals surface area contributed by atoms with Gasteiger partial charge in [0.1, 0.15) is 0 Å². The standard InChI is InChI=1S/C19H18O2/c1-3-18-11-10-16(12-14(18)2)7-4-15-5-8-17(9-6-15)13-19(20)21/h5-6,8-12H,3,13H2,1-2H3,(H,20,21). The van der Waals surface area contributed by atoms with E-state index in [4.69, 9.17) is 5.11 Å². The highest BCUT2D eigenvalue weighted by atomic mass is 16.4. The van der Waals surface area contributed by atoms with Crippen molar-refractivity contribution in [3.63, 3.8) is 0 Å². The fraction of sp³-hybridized carbons (Fsp3) is 0.211. The SMILES string of the molecule is CCc1ccc(C#Cc2ccc(CC(=O)O)cc2)cc1C. The Hall–Kier alpha value is -2.53. The molecule has 21 heavy (non-hydrogen) atoms. The summed E-state index contributed by atoms with van der Waals surface area (Å²) in [6.07, 6.45) is 1.08. The van der Waals surface area contributed by atoms with Crippen LogP contribution in [0.3, 0.4) is 0 Å². The molecule has 2 nitrogen and oxygen atoms in total. The molecular formula is C19H18O2. The molecule has 2 aromatic carbocycles. The van der Waals surface area contributed by atoms with Crippen LogP contribution in [0.15, 0.2) is 42.5 Å². The third kappa shape index (κ3) is 4.22. The molecule has 2 aromatic rings. The number of carbonyl (C=O) groups is 1. The van der Waals surface area contributed by atoms with Crippen LogP contribution in [0.25, 0.3) is 0 Å². The zero-order chi connectivity index (χ0) is 15.2. The summed E-state index contributed by atoms with van der Waals surface area (Å²) < 4.78 is 0. The van der Waals surface area contributed by atoms with Gasteiger partial charge in [0.05, 0.1) is 6.42 Å². The second-order valence-electron chi connectivity index (χ2n) is 5.01. The van der Waals surface area contributed by atoms with Crippen molar-refractivity contribution in [3.8, 4) is 11.8 Å². The van der Waals surface area contributed by atoms with E-state index in [1.54, 1.807) is 0 Å². The first-order chi connectivity index (χ1) is 10.1. The quantitative estimate of drug-likeness (QED) is 0.871. The molecular weight excluding hydrogens is 260 g/mol. The minimum atomic E-state index is -0.819. The van der Waals surface area contributed by atoms with Gasteiger partial charge >= 0.3 is 5.97 Å². The molecule has 0 aliphatic carbocycles. The smallest absolute Gasteiger partial charge is 0.307 e. The van der Waals surface area contributed by atoms with Crippen molar-refractivity contribution in [1.82, 2.24) is 0 Å². The van der Waals surface area contributed by atoms with Crippen molar-refractivity contribution in [3.05, 3.63) is 70.3 Å². The predicted octanol–water partition coefficient (Wildman–Crippen LogP) is 3.58. The molecule has 0 amide bonds. The van der Waals surface area contributed by atoms with Crippen LogP contribution in [0.4, 0.5) is 0 Å². The third-order valence-corrected chi connectivity index (χ3v) is 3.38. The molecule has 0 saturated heterocycles. The molecule has 2 rings (SSSR count). The lowest BCUT2D eigenvalue weighted by molar-refractivity contribution is -0.136. The normalized spacial score (nSPS) is 9.81. The zero-order valence-electron chi connectivity index (χ0n) is 12.3. The largest absolute Gasteiger partial charge is 0.481 e. The first-order valence-electron chi connectivity index (χ1n) is 7.00. The molecule has 0 unspecified atom stereocenters. The van der Waals surface area contributed by atoms with Gasteiger partial charge in [-0.2, -0.15) is 0 Å². The van der Waals surface area contributed by atoms with Gasteiger partial charge in [-0.25, -0.2) is 0 Å². The van der Waals surface area contributed by atoms with Crippen LogP contribution in [0.5, 0.6) is 0 Å². The summed E-state index contributed by atoms with van der Waals surface area (Å²) in [6.45, 7) is 4.25. The van der Waals surface area contributed by atoms with Crippen molar-refractivity contribution in [2.24, 2.45) is 0 Å². The lowest BCUT2D eigenvalue weighted by Crippen LogP contribution is -1.99. The Labute approximate surface area is 125 Å². The predicted molar refractivity (Wildman–Crippen MR) is 84.3 cm³/mol. The van der Waals surface area contributed by atoms with Gasteiger partial charge in [0.25, 0.3) is 0 Å². The molecule has 0 saturated carbocycles. The van der Waals surface area contributed by atoms with Gasteiger partial charge in [-0.05, 0) is 54.3 Å². The molecule has 0 spiro atoms. The Morgan fingerprint density at radius 1 is 1.05 bits per heavy atom. The van der Waals surface area contributed by atoms with Crippen LogP contribution in [0, 0.1) is 18.8 Å². The summed E-state index contributed by atoms with van der Waals surface area (Å²) in [5.74, 6) is 5.44. The Morgan fingerprint density at radius 3 is 2.24 bits per heavy atom. The molecule has 2 heteroatoms.